The van der Waals surface area contributed by atoms with E-state index < -0.39 is 0 Å². The molecule has 3 heteroatoms. The minimum absolute atomic E-state index is 0. The van der Waals surface area contributed by atoms with E-state index in [0.717, 1.165) is 0 Å². The van der Waals surface area contributed by atoms with E-state index in [9.17, 15) is 0 Å². The molecule has 0 spiro atoms. The van der Waals surface area contributed by atoms with Crippen LogP contribution in [0.3, 0.4) is 0 Å². The van der Waals surface area contributed by atoms with Crippen molar-refractivity contribution < 1.29 is 21.1 Å². The Morgan fingerprint density at radius 1 is 0.909 bits per heavy atom. The molecule has 1 rings (SSSR count). The van der Waals surface area contributed by atoms with Crippen LogP contribution < -0.4 is 0 Å². The van der Waals surface area contributed by atoms with E-state index in [-0.39, 0.29) is 21.1 Å². The van der Waals surface area contributed by atoms with Gasteiger partial charge < -0.3 is 0 Å². The first kappa shape index (κ1) is 12.6. The molecule has 66 valence electrons. The van der Waals surface area contributed by atoms with Gasteiger partial charge in [-0.2, -0.15) is 0 Å². The molecule has 0 aliphatic heterocycles. The zero-order valence-corrected chi connectivity index (χ0v) is 12.6. The standard InChI is InChI=1S/C8H10I2.Pt/c9-7-5-3-1-2-4-6-8(7)10;/h1-2H,3-6H2;. The summed E-state index contributed by atoms with van der Waals surface area (Å²) >= 11 is 4.93. The van der Waals surface area contributed by atoms with Gasteiger partial charge in [0.25, 0.3) is 0 Å². The molecule has 0 heterocycles. The summed E-state index contributed by atoms with van der Waals surface area (Å²) in [6, 6.07) is 0. The Balaban J connectivity index is 0.000001000. The van der Waals surface area contributed by atoms with Crippen molar-refractivity contribution in [2.24, 2.45) is 0 Å². The fraction of sp³-hybridized carbons (Fsp3) is 0.500. The molecule has 0 fully saturated rings. The Morgan fingerprint density at radius 3 is 1.64 bits per heavy atom. The summed E-state index contributed by atoms with van der Waals surface area (Å²) in [6.07, 6.45) is 9.53. The summed E-state index contributed by atoms with van der Waals surface area (Å²) in [5, 5.41) is 0. The van der Waals surface area contributed by atoms with Crippen LogP contribution in [0.25, 0.3) is 0 Å². The van der Waals surface area contributed by atoms with Crippen LogP contribution in [0.2, 0.25) is 0 Å². The van der Waals surface area contributed by atoms with Crippen LogP contribution in [0.4, 0.5) is 0 Å². The summed E-state index contributed by atoms with van der Waals surface area (Å²) in [5.74, 6) is 0. The molecule has 0 unspecified atom stereocenters. The van der Waals surface area contributed by atoms with Crippen LogP contribution >= 0.6 is 45.2 Å². The van der Waals surface area contributed by atoms with Crippen molar-refractivity contribution in [2.45, 2.75) is 25.7 Å². The average molecular weight is 555 g/mol. The van der Waals surface area contributed by atoms with Gasteiger partial charge in [-0.05, 0) is 70.9 Å². The molecule has 0 radical (unpaired) electrons. The predicted octanol–water partition coefficient (Wildman–Crippen LogP) is 4.20. The molecule has 0 aromatic rings. The molecule has 11 heavy (non-hydrogen) atoms. The van der Waals surface area contributed by atoms with Crippen molar-refractivity contribution in [3.63, 3.8) is 0 Å². The van der Waals surface area contributed by atoms with Gasteiger partial charge in [0.2, 0.25) is 0 Å². The van der Waals surface area contributed by atoms with E-state index >= 15 is 0 Å². The third-order valence-corrected chi connectivity index (χ3v) is 4.93. The Kier molecular flexibility index (Phi) is 8.12. The third-order valence-electron chi connectivity index (χ3n) is 1.52. The van der Waals surface area contributed by atoms with Crippen molar-refractivity contribution in [2.75, 3.05) is 0 Å². The van der Waals surface area contributed by atoms with Crippen molar-refractivity contribution in [3.05, 3.63) is 19.3 Å². The Morgan fingerprint density at radius 2 is 1.27 bits per heavy atom. The van der Waals surface area contributed by atoms with Gasteiger partial charge in [0.05, 0.1) is 0 Å². The second-order valence-corrected chi connectivity index (χ2v) is 4.96. The molecular weight excluding hydrogens is 545 g/mol. The molecule has 0 nitrogen and oxygen atoms in total. The molecule has 0 bridgehead atoms. The van der Waals surface area contributed by atoms with E-state index in [0.29, 0.717) is 0 Å². The van der Waals surface area contributed by atoms with Gasteiger partial charge in [-0.25, -0.2) is 0 Å². The second-order valence-electron chi connectivity index (χ2n) is 2.36. The number of hydrogen-bond donors (Lipinski definition) is 0. The van der Waals surface area contributed by atoms with Gasteiger partial charge in [-0.1, -0.05) is 12.2 Å². The Labute approximate surface area is 110 Å². The summed E-state index contributed by atoms with van der Waals surface area (Å²) in [6.45, 7) is 0. The smallest absolute Gasteiger partial charge is 0.000177 e. The number of allylic oxidation sites excluding steroid dienone is 4. The van der Waals surface area contributed by atoms with Gasteiger partial charge >= 0.3 is 0 Å². The second kappa shape index (κ2) is 7.07. The van der Waals surface area contributed by atoms with Crippen LogP contribution in [0.1, 0.15) is 25.7 Å². The number of halogens is 2. The molecule has 0 saturated heterocycles. The van der Waals surface area contributed by atoms with Crippen LogP contribution in [0.5, 0.6) is 0 Å². The van der Waals surface area contributed by atoms with Gasteiger partial charge in [0.1, 0.15) is 0 Å². The first-order valence-corrected chi connectivity index (χ1v) is 5.64. The molecule has 0 N–H and O–H groups in total. The maximum atomic E-state index is 2.46. The van der Waals surface area contributed by atoms with E-state index in [1.54, 1.807) is 7.16 Å². The quantitative estimate of drug-likeness (QED) is 0.311. The first-order valence-electron chi connectivity index (χ1n) is 3.48. The molecule has 0 aromatic carbocycles. The summed E-state index contributed by atoms with van der Waals surface area (Å²) < 4.78 is 3.12. The van der Waals surface area contributed by atoms with E-state index in [1.165, 1.54) is 25.7 Å². The maximum Gasteiger partial charge on any atom is 0.000177 e. The van der Waals surface area contributed by atoms with Crippen LogP contribution in [0, 0.1) is 0 Å². The third kappa shape index (κ3) is 5.04. The summed E-state index contributed by atoms with van der Waals surface area (Å²) in [5.41, 5.74) is 0. The van der Waals surface area contributed by atoms with Crippen LogP contribution in [-0.2, 0) is 21.1 Å². The Bertz CT molecular complexity index is 155. The summed E-state index contributed by atoms with van der Waals surface area (Å²) in [7, 11) is 0. The number of hydrogen-bond acceptors (Lipinski definition) is 0. The van der Waals surface area contributed by atoms with Crippen molar-refractivity contribution >= 4 is 45.2 Å². The Hall–Kier alpha value is 1.63. The minimum atomic E-state index is 0. The van der Waals surface area contributed by atoms with Gasteiger partial charge in [-0.3, -0.25) is 0 Å². The molecule has 0 amide bonds. The molecule has 0 aromatic heterocycles. The molecule has 0 saturated carbocycles. The largest absolute Gasteiger partial charge is 0.0882 e. The number of rotatable bonds is 0. The van der Waals surface area contributed by atoms with Gasteiger partial charge in [-0.15, -0.1) is 0 Å². The van der Waals surface area contributed by atoms with Crippen LogP contribution in [-0.4, -0.2) is 0 Å². The monoisotopic (exact) mass is 555 g/mol. The SMILES string of the molecule is IC1=C(I)CCC=CCC1.[Pt]. The van der Waals surface area contributed by atoms with E-state index in [1.807, 2.05) is 0 Å². The molecular formula is C8H10I2Pt. The van der Waals surface area contributed by atoms with Crippen molar-refractivity contribution in [1.29, 1.82) is 0 Å². The van der Waals surface area contributed by atoms with Crippen LogP contribution in [0.15, 0.2) is 19.3 Å². The van der Waals surface area contributed by atoms with Gasteiger partial charge in [0.15, 0.2) is 0 Å². The predicted molar refractivity (Wildman–Crippen MR) is 62.7 cm³/mol. The molecule has 0 atom stereocenters. The fourth-order valence-corrected chi connectivity index (χ4v) is 2.09. The van der Waals surface area contributed by atoms with Crippen molar-refractivity contribution in [3.8, 4) is 0 Å². The van der Waals surface area contributed by atoms with E-state index in [2.05, 4.69) is 57.3 Å². The molecule has 1 aliphatic carbocycles. The van der Waals surface area contributed by atoms with Crippen molar-refractivity contribution in [1.82, 2.24) is 0 Å². The zero-order valence-electron chi connectivity index (χ0n) is 6.06. The average Bonchev–Trinajstić information content (AvgIpc) is 1.92. The maximum absolute atomic E-state index is 2.46. The normalized spacial score (nSPS) is 18.7. The topological polar surface area (TPSA) is 0 Å². The summed E-state index contributed by atoms with van der Waals surface area (Å²) in [4.78, 5) is 0. The molecule has 1 aliphatic rings. The van der Waals surface area contributed by atoms with E-state index in [4.69, 9.17) is 0 Å². The zero-order chi connectivity index (χ0) is 7.40. The fourth-order valence-electron chi connectivity index (χ4n) is 0.927. The first-order chi connectivity index (χ1) is 4.80. The van der Waals surface area contributed by atoms with Gasteiger partial charge in [0, 0.05) is 28.2 Å². The minimum Gasteiger partial charge on any atom is -0.0882 e.